The Kier molecular flexibility index (Phi) is 2.77. The summed E-state index contributed by atoms with van der Waals surface area (Å²) in [4.78, 5) is 0. The summed E-state index contributed by atoms with van der Waals surface area (Å²) in [5, 5.41) is -0.0787. The molecule has 0 spiro atoms. The highest BCUT2D eigenvalue weighted by Gasteiger charge is 2.46. The summed E-state index contributed by atoms with van der Waals surface area (Å²) in [5.41, 5.74) is 3.87. The Balaban J connectivity index is 2.42. The largest absolute Gasteiger partial charge is 0.327 e. The number of benzene rings is 1. The van der Waals surface area contributed by atoms with Crippen LogP contribution in [0.15, 0.2) is 16.6 Å². The van der Waals surface area contributed by atoms with E-state index in [1.165, 1.54) is 6.07 Å². The lowest BCUT2D eigenvalue weighted by Crippen LogP contribution is -2.46. The molecule has 1 aliphatic rings. The topological polar surface area (TPSA) is 26.0 Å². The van der Waals surface area contributed by atoms with Crippen LogP contribution in [0.4, 0.5) is 8.78 Å². The SMILES string of the molecule is NC1CC(F)(c2ccc(Br)c(Cl)c2F)C1. The highest BCUT2D eigenvalue weighted by Crippen LogP contribution is 2.46. The van der Waals surface area contributed by atoms with E-state index in [0.717, 1.165) is 0 Å². The van der Waals surface area contributed by atoms with Gasteiger partial charge in [-0.15, -0.1) is 0 Å². The number of hydrogen-bond donors (Lipinski definition) is 1. The molecular formula is C10H9BrClF2N. The van der Waals surface area contributed by atoms with Crippen LogP contribution in [0, 0.1) is 5.82 Å². The van der Waals surface area contributed by atoms with Crippen molar-refractivity contribution in [1.82, 2.24) is 0 Å². The van der Waals surface area contributed by atoms with Crippen LogP contribution in [-0.2, 0) is 5.67 Å². The van der Waals surface area contributed by atoms with E-state index < -0.39 is 11.5 Å². The minimum Gasteiger partial charge on any atom is -0.327 e. The van der Waals surface area contributed by atoms with Crippen molar-refractivity contribution in [3.63, 3.8) is 0 Å². The van der Waals surface area contributed by atoms with Crippen LogP contribution in [0.25, 0.3) is 0 Å². The second-order valence-corrected chi connectivity index (χ2v) is 5.09. The molecule has 0 aliphatic heterocycles. The molecule has 1 fully saturated rings. The average Bonchev–Trinajstić information content (AvgIpc) is 2.12. The lowest BCUT2D eigenvalue weighted by atomic mass is 9.73. The molecule has 0 amide bonds. The molecule has 1 aliphatic carbocycles. The van der Waals surface area contributed by atoms with Gasteiger partial charge in [0.15, 0.2) is 0 Å². The monoisotopic (exact) mass is 295 g/mol. The molecule has 0 saturated heterocycles. The number of nitrogens with two attached hydrogens (primary N) is 1. The van der Waals surface area contributed by atoms with Crippen LogP contribution in [0.2, 0.25) is 5.02 Å². The van der Waals surface area contributed by atoms with Gasteiger partial charge >= 0.3 is 0 Å². The summed E-state index contributed by atoms with van der Waals surface area (Å²) in [7, 11) is 0. The summed E-state index contributed by atoms with van der Waals surface area (Å²) in [5.74, 6) is -0.694. The summed E-state index contributed by atoms with van der Waals surface area (Å²) in [6.07, 6.45) is 0.309. The molecule has 0 aromatic heterocycles. The van der Waals surface area contributed by atoms with Crippen molar-refractivity contribution in [2.24, 2.45) is 5.73 Å². The maximum Gasteiger partial charge on any atom is 0.149 e. The van der Waals surface area contributed by atoms with Crippen molar-refractivity contribution in [1.29, 1.82) is 0 Å². The molecule has 0 atom stereocenters. The van der Waals surface area contributed by atoms with Crippen molar-refractivity contribution in [3.8, 4) is 0 Å². The minimum atomic E-state index is -1.64. The third-order valence-corrected chi connectivity index (χ3v) is 3.95. The van der Waals surface area contributed by atoms with E-state index in [0.29, 0.717) is 4.47 Å². The summed E-state index contributed by atoms with van der Waals surface area (Å²) in [6, 6.07) is 2.78. The first-order chi connectivity index (χ1) is 6.94. The fraction of sp³-hybridized carbons (Fsp3) is 0.400. The van der Waals surface area contributed by atoms with Crippen LogP contribution in [0.1, 0.15) is 18.4 Å². The number of hydrogen-bond acceptors (Lipinski definition) is 1. The van der Waals surface area contributed by atoms with Crippen LogP contribution in [0.3, 0.4) is 0 Å². The van der Waals surface area contributed by atoms with Crippen LogP contribution in [-0.4, -0.2) is 6.04 Å². The zero-order valence-electron chi connectivity index (χ0n) is 7.74. The Bertz CT molecular complexity index is 405. The molecule has 0 radical (unpaired) electrons. The molecule has 5 heteroatoms. The van der Waals surface area contributed by atoms with E-state index in [4.69, 9.17) is 17.3 Å². The smallest absolute Gasteiger partial charge is 0.149 e. The molecule has 1 aromatic carbocycles. The van der Waals surface area contributed by atoms with Crippen LogP contribution < -0.4 is 5.73 Å². The normalized spacial score (nSPS) is 30.1. The molecule has 1 aromatic rings. The molecule has 0 unspecified atom stereocenters. The molecule has 2 rings (SSSR count). The number of halogens is 4. The van der Waals surface area contributed by atoms with E-state index in [1.807, 2.05) is 0 Å². The van der Waals surface area contributed by atoms with Crippen LogP contribution in [0.5, 0.6) is 0 Å². The van der Waals surface area contributed by atoms with Gasteiger partial charge in [0.05, 0.1) is 5.02 Å². The predicted molar refractivity (Wildman–Crippen MR) is 59.1 cm³/mol. The molecule has 0 bridgehead atoms. The van der Waals surface area contributed by atoms with Gasteiger partial charge in [0.2, 0.25) is 0 Å². The Morgan fingerprint density at radius 1 is 1.47 bits per heavy atom. The fourth-order valence-corrected chi connectivity index (χ4v) is 2.33. The van der Waals surface area contributed by atoms with Gasteiger partial charge in [-0.2, -0.15) is 0 Å². The predicted octanol–water partition coefficient (Wildman–Crippen LogP) is 3.53. The van der Waals surface area contributed by atoms with E-state index in [9.17, 15) is 8.78 Å². The first-order valence-corrected chi connectivity index (χ1v) is 5.69. The molecule has 1 saturated carbocycles. The third-order valence-electron chi connectivity index (χ3n) is 2.69. The second-order valence-electron chi connectivity index (χ2n) is 3.86. The zero-order chi connectivity index (χ0) is 11.2. The molecule has 15 heavy (non-hydrogen) atoms. The molecule has 1 nitrogen and oxygen atoms in total. The maximum atomic E-state index is 14.1. The quantitative estimate of drug-likeness (QED) is 0.788. The average molecular weight is 297 g/mol. The summed E-state index contributed by atoms with van der Waals surface area (Å²) < 4.78 is 28.2. The highest BCUT2D eigenvalue weighted by molar-refractivity contribution is 9.10. The lowest BCUT2D eigenvalue weighted by Gasteiger charge is -2.39. The first-order valence-electron chi connectivity index (χ1n) is 4.52. The van der Waals surface area contributed by atoms with Gasteiger partial charge < -0.3 is 5.73 Å². The van der Waals surface area contributed by atoms with E-state index in [2.05, 4.69) is 15.9 Å². The Hall–Kier alpha value is -0.190. The molecular weight excluding hydrogens is 287 g/mol. The van der Waals surface area contributed by atoms with E-state index in [-0.39, 0.29) is 29.5 Å². The van der Waals surface area contributed by atoms with Crippen molar-refractivity contribution < 1.29 is 8.78 Å². The Morgan fingerprint density at radius 2 is 2.07 bits per heavy atom. The summed E-state index contributed by atoms with van der Waals surface area (Å²) in [6.45, 7) is 0. The van der Waals surface area contributed by atoms with Crippen molar-refractivity contribution >= 4 is 27.5 Å². The Labute approximate surface area is 99.7 Å². The number of rotatable bonds is 1. The third kappa shape index (κ3) is 1.79. The molecule has 0 heterocycles. The van der Waals surface area contributed by atoms with E-state index >= 15 is 0 Å². The van der Waals surface area contributed by atoms with Gasteiger partial charge in [-0.25, -0.2) is 8.78 Å². The van der Waals surface area contributed by atoms with Gasteiger partial charge in [0, 0.05) is 28.9 Å². The number of alkyl halides is 1. The second kappa shape index (κ2) is 3.68. The maximum absolute atomic E-state index is 14.1. The molecule has 82 valence electrons. The van der Waals surface area contributed by atoms with Gasteiger partial charge in [-0.1, -0.05) is 17.7 Å². The first kappa shape index (κ1) is 11.3. The lowest BCUT2D eigenvalue weighted by molar-refractivity contribution is 0.0368. The standard InChI is InChI=1S/C10H9BrClF2N/c11-7-2-1-6(9(13)8(7)12)10(14)3-5(15)4-10/h1-2,5H,3-4,15H2. The van der Waals surface area contributed by atoms with Gasteiger partial charge in [-0.05, 0) is 22.0 Å². The Morgan fingerprint density at radius 3 is 2.60 bits per heavy atom. The van der Waals surface area contributed by atoms with Gasteiger partial charge in [0.25, 0.3) is 0 Å². The van der Waals surface area contributed by atoms with Crippen molar-refractivity contribution in [2.75, 3.05) is 0 Å². The van der Waals surface area contributed by atoms with E-state index in [1.54, 1.807) is 6.07 Å². The van der Waals surface area contributed by atoms with Crippen LogP contribution >= 0.6 is 27.5 Å². The van der Waals surface area contributed by atoms with Crippen molar-refractivity contribution in [3.05, 3.63) is 33.0 Å². The minimum absolute atomic E-state index is 0.0115. The summed E-state index contributed by atoms with van der Waals surface area (Å²) >= 11 is 8.77. The fourth-order valence-electron chi connectivity index (χ4n) is 1.86. The highest BCUT2D eigenvalue weighted by atomic mass is 79.9. The van der Waals surface area contributed by atoms with Crippen molar-refractivity contribution in [2.45, 2.75) is 24.6 Å². The zero-order valence-corrected chi connectivity index (χ0v) is 10.1. The van der Waals surface area contributed by atoms with Gasteiger partial charge in [-0.3, -0.25) is 0 Å². The van der Waals surface area contributed by atoms with Gasteiger partial charge in [0.1, 0.15) is 11.5 Å². The molecule has 2 N–H and O–H groups in total.